The van der Waals surface area contributed by atoms with Crippen LogP contribution in [-0.4, -0.2) is 23.8 Å². The number of aryl methyl sites for hydroxylation is 1. The highest BCUT2D eigenvalue weighted by molar-refractivity contribution is 5.72. The topological polar surface area (TPSA) is 46.5 Å². The zero-order valence-electron chi connectivity index (χ0n) is 10.3. The third kappa shape index (κ3) is 5.50. The van der Waals surface area contributed by atoms with Gasteiger partial charge < -0.3 is 9.84 Å². The molecule has 1 N–H and O–H groups in total. The summed E-state index contributed by atoms with van der Waals surface area (Å²) in [5, 5.41) is 8.90. The lowest BCUT2D eigenvalue weighted by atomic mass is 10.1. The van der Waals surface area contributed by atoms with Gasteiger partial charge in [0.05, 0.1) is 0 Å². The van der Waals surface area contributed by atoms with Crippen molar-refractivity contribution < 1.29 is 14.6 Å². The molecule has 0 aliphatic heterocycles. The first kappa shape index (κ1) is 13.7. The van der Waals surface area contributed by atoms with Gasteiger partial charge in [-0.3, -0.25) is 0 Å². The van der Waals surface area contributed by atoms with Crippen LogP contribution in [0.5, 0.6) is 0 Å². The number of hydrogen-bond donors (Lipinski definition) is 1. The quantitative estimate of drug-likeness (QED) is 0.706. The second-order valence-corrected chi connectivity index (χ2v) is 4.08. The molecule has 3 heteroatoms. The number of benzene rings is 1. The van der Waals surface area contributed by atoms with Crippen LogP contribution in [0.1, 0.15) is 31.7 Å². The average Bonchev–Trinajstić information content (AvgIpc) is 2.34. The molecule has 94 valence electrons. The molecule has 0 bridgehead atoms. The van der Waals surface area contributed by atoms with Crippen LogP contribution < -0.4 is 0 Å². The molecule has 1 aromatic rings. The van der Waals surface area contributed by atoms with E-state index in [1.807, 2.05) is 25.1 Å². The Balaban J connectivity index is 2.20. The van der Waals surface area contributed by atoms with E-state index >= 15 is 0 Å². The standard InChI is InChI=1S/C14H20O3/c1-2-7-13(14(15)16)17-11-6-10-12-8-4-3-5-9-12/h3-5,8-9,13H,2,6-7,10-11H2,1H3,(H,15,16). The first-order valence-corrected chi connectivity index (χ1v) is 6.12. The number of ether oxygens (including phenoxy) is 1. The van der Waals surface area contributed by atoms with Gasteiger partial charge in [0.25, 0.3) is 0 Å². The lowest BCUT2D eigenvalue weighted by Gasteiger charge is -2.12. The van der Waals surface area contributed by atoms with Crippen LogP contribution in [0.2, 0.25) is 0 Å². The van der Waals surface area contributed by atoms with Crippen molar-refractivity contribution in [3.05, 3.63) is 35.9 Å². The summed E-state index contributed by atoms with van der Waals surface area (Å²) >= 11 is 0. The van der Waals surface area contributed by atoms with Crippen LogP contribution in [0.25, 0.3) is 0 Å². The predicted octanol–water partition coefficient (Wildman–Crippen LogP) is 2.89. The lowest BCUT2D eigenvalue weighted by Crippen LogP contribution is -2.24. The van der Waals surface area contributed by atoms with E-state index in [0.717, 1.165) is 19.3 Å². The maximum atomic E-state index is 10.8. The minimum Gasteiger partial charge on any atom is -0.479 e. The smallest absolute Gasteiger partial charge is 0.332 e. The first-order valence-electron chi connectivity index (χ1n) is 6.12. The van der Waals surface area contributed by atoms with E-state index in [1.165, 1.54) is 5.56 Å². The minimum absolute atomic E-state index is 0.506. The molecule has 1 atom stereocenters. The summed E-state index contributed by atoms with van der Waals surface area (Å²) in [6.07, 6.45) is 2.56. The van der Waals surface area contributed by atoms with E-state index in [2.05, 4.69) is 12.1 Å². The molecule has 0 fully saturated rings. The Morgan fingerprint density at radius 2 is 2.06 bits per heavy atom. The van der Waals surface area contributed by atoms with Crippen molar-refractivity contribution >= 4 is 5.97 Å². The third-order valence-electron chi connectivity index (χ3n) is 2.60. The van der Waals surface area contributed by atoms with Gasteiger partial charge in [0.15, 0.2) is 6.10 Å². The van der Waals surface area contributed by atoms with Crippen LogP contribution in [0, 0.1) is 0 Å². The normalized spacial score (nSPS) is 12.3. The Morgan fingerprint density at radius 3 is 2.65 bits per heavy atom. The van der Waals surface area contributed by atoms with Gasteiger partial charge in [-0.2, -0.15) is 0 Å². The molecule has 0 saturated heterocycles. The molecule has 0 aliphatic rings. The number of aliphatic carboxylic acids is 1. The fourth-order valence-electron chi connectivity index (χ4n) is 1.69. The molecular formula is C14H20O3. The molecule has 0 aromatic heterocycles. The van der Waals surface area contributed by atoms with Crippen molar-refractivity contribution in [1.29, 1.82) is 0 Å². The summed E-state index contributed by atoms with van der Waals surface area (Å²) in [6.45, 7) is 2.47. The van der Waals surface area contributed by atoms with Crippen LogP contribution in [0.3, 0.4) is 0 Å². The molecule has 17 heavy (non-hydrogen) atoms. The molecule has 0 spiro atoms. The Kier molecular flexibility index (Phi) is 6.33. The summed E-state index contributed by atoms with van der Waals surface area (Å²) in [7, 11) is 0. The Bertz CT molecular complexity index is 321. The predicted molar refractivity (Wildman–Crippen MR) is 67.0 cm³/mol. The first-order chi connectivity index (χ1) is 8.24. The van der Waals surface area contributed by atoms with Crippen LogP contribution in [0.15, 0.2) is 30.3 Å². The summed E-state index contributed by atoms with van der Waals surface area (Å²) in [5.41, 5.74) is 1.26. The Hall–Kier alpha value is -1.35. The van der Waals surface area contributed by atoms with Crippen molar-refractivity contribution in [3.8, 4) is 0 Å². The second kappa shape index (κ2) is 7.85. The highest BCUT2D eigenvalue weighted by Gasteiger charge is 2.15. The highest BCUT2D eigenvalue weighted by atomic mass is 16.5. The van der Waals surface area contributed by atoms with E-state index in [-0.39, 0.29) is 0 Å². The Labute approximate surface area is 102 Å². The van der Waals surface area contributed by atoms with Gasteiger partial charge in [-0.05, 0) is 24.8 Å². The fraction of sp³-hybridized carbons (Fsp3) is 0.500. The second-order valence-electron chi connectivity index (χ2n) is 4.08. The third-order valence-corrected chi connectivity index (χ3v) is 2.60. The molecule has 1 unspecified atom stereocenters. The van der Waals surface area contributed by atoms with Gasteiger partial charge in [-0.15, -0.1) is 0 Å². The van der Waals surface area contributed by atoms with Gasteiger partial charge in [0.1, 0.15) is 0 Å². The molecule has 3 nitrogen and oxygen atoms in total. The van der Waals surface area contributed by atoms with Gasteiger partial charge >= 0.3 is 5.97 Å². The number of carboxylic acid groups (broad SMARTS) is 1. The van der Waals surface area contributed by atoms with Gasteiger partial charge in [-0.25, -0.2) is 4.79 Å². The molecule has 0 heterocycles. The summed E-state index contributed by atoms with van der Waals surface area (Å²) < 4.78 is 5.37. The van der Waals surface area contributed by atoms with Crippen molar-refractivity contribution in [1.82, 2.24) is 0 Å². The van der Waals surface area contributed by atoms with Crippen LogP contribution in [0.4, 0.5) is 0 Å². The van der Waals surface area contributed by atoms with E-state index in [0.29, 0.717) is 13.0 Å². The molecule has 1 rings (SSSR count). The zero-order chi connectivity index (χ0) is 12.5. The minimum atomic E-state index is -0.855. The number of hydrogen-bond acceptors (Lipinski definition) is 2. The van der Waals surface area contributed by atoms with Crippen LogP contribution >= 0.6 is 0 Å². The van der Waals surface area contributed by atoms with E-state index < -0.39 is 12.1 Å². The number of rotatable bonds is 8. The number of carbonyl (C=O) groups is 1. The van der Waals surface area contributed by atoms with Crippen LogP contribution in [-0.2, 0) is 16.0 Å². The summed E-state index contributed by atoms with van der Waals surface area (Å²) in [4.78, 5) is 10.8. The largest absolute Gasteiger partial charge is 0.479 e. The van der Waals surface area contributed by atoms with Gasteiger partial charge in [0, 0.05) is 6.61 Å². The van der Waals surface area contributed by atoms with Crippen molar-refractivity contribution in [2.75, 3.05) is 6.61 Å². The summed E-state index contributed by atoms with van der Waals surface area (Å²) in [6, 6.07) is 10.1. The number of carboxylic acids is 1. The van der Waals surface area contributed by atoms with E-state index in [9.17, 15) is 4.79 Å². The SMILES string of the molecule is CCCC(OCCCc1ccccc1)C(=O)O. The maximum Gasteiger partial charge on any atom is 0.332 e. The average molecular weight is 236 g/mol. The summed E-state index contributed by atoms with van der Waals surface area (Å²) in [5.74, 6) is -0.855. The van der Waals surface area contributed by atoms with E-state index in [1.54, 1.807) is 0 Å². The van der Waals surface area contributed by atoms with Crippen molar-refractivity contribution in [3.63, 3.8) is 0 Å². The molecule has 1 aromatic carbocycles. The van der Waals surface area contributed by atoms with Crippen molar-refractivity contribution in [2.45, 2.75) is 38.7 Å². The van der Waals surface area contributed by atoms with Gasteiger partial charge in [0.2, 0.25) is 0 Å². The monoisotopic (exact) mass is 236 g/mol. The highest BCUT2D eigenvalue weighted by Crippen LogP contribution is 2.06. The maximum absolute atomic E-state index is 10.8. The fourth-order valence-corrected chi connectivity index (χ4v) is 1.69. The van der Waals surface area contributed by atoms with Gasteiger partial charge in [-0.1, -0.05) is 43.7 Å². The van der Waals surface area contributed by atoms with E-state index in [4.69, 9.17) is 9.84 Å². The molecule has 0 saturated carbocycles. The molecule has 0 aliphatic carbocycles. The molecule has 0 amide bonds. The lowest BCUT2D eigenvalue weighted by molar-refractivity contribution is -0.150. The Morgan fingerprint density at radius 1 is 1.35 bits per heavy atom. The van der Waals surface area contributed by atoms with Crippen molar-refractivity contribution in [2.24, 2.45) is 0 Å². The zero-order valence-corrected chi connectivity index (χ0v) is 10.3. The molecular weight excluding hydrogens is 216 g/mol. The molecule has 0 radical (unpaired) electrons.